The van der Waals surface area contributed by atoms with Crippen molar-refractivity contribution in [2.75, 3.05) is 6.54 Å². The maximum absolute atomic E-state index is 4.24. The molecule has 1 aromatic carbocycles. The average molecular weight is 298 g/mol. The fraction of sp³-hybridized carbons (Fsp3) is 0.500. The molecular formula is C20H30N2. The van der Waals surface area contributed by atoms with Gasteiger partial charge in [-0.05, 0) is 31.2 Å². The van der Waals surface area contributed by atoms with Crippen LogP contribution in [0.25, 0.3) is 5.70 Å². The van der Waals surface area contributed by atoms with Gasteiger partial charge in [-0.2, -0.15) is 0 Å². The average Bonchev–Trinajstić information content (AvgIpc) is 3.06. The number of hydrogen-bond acceptors (Lipinski definition) is 2. The van der Waals surface area contributed by atoms with Gasteiger partial charge in [-0.1, -0.05) is 63.3 Å². The minimum atomic E-state index is 0.302. The van der Waals surface area contributed by atoms with Gasteiger partial charge in [-0.3, -0.25) is 0 Å². The summed E-state index contributed by atoms with van der Waals surface area (Å²) in [5.41, 5.74) is 3.25. The Morgan fingerprint density at radius 2 is 1.77 bits per heavy atom. The molecule has 0 saturated heterocycles. The predicted molar refractivity (Wildman–Crippen MR) is 96.3 cm³/mol. The lowest BCUT2D eigenvalue weighted by Crippen LogP contribution is -2.35. The van der Waals surface area contributed by atoms with E-state index >= 15 is 0 Å². The van der Waals surface area contributed by atoms with Crippen LogP contribution in [0.3, 0.4) is 0 Å². The molecular weight excluding hydrogens is 268 g/mol. The van der Waals surface area contributed by atoms with Crippen molar-refractivity contribution in [3.8, 4) is 0 Å². The summed E-state index contributed by atoms with van der Waals surface area (Å²) in [6, 6.07) is 10.6. The highest BCUT2D eigenvalue weighted by molar-refractivity contribution is 5.61. The molecule has 2 rings (SSSR count). The minimum Gasteiger partial charge on any atom is -0.388 e. The van der Waals surface area contributed by atoms with Crippen molar-refractivity contribution < 1.29 is 0 Å². The smallest absolute Gasteiger partial charge is 0.0343 e. The second kappa shape index (κ2) is 8.07. The highest BCUT2D eigenvalue weighted by Crippen LogP contribution is 2.24. The van der Waals surface area contributed by atoms with Crippen LogP contribution in [0, 0.1) is 11.8 Å². The van der Waals surface area contributed by atoms with Crippen molar-refractivity contribution in [2.24, 2.45) is 11.8 Å². The Balaban J connectivity index is 1.79. The summed E-state index contributed by atoms with van der Waals surface area (Å²) in [6.45, 7) is 13.9. The molecule has 2 heteroatoms. The molecule has 0 spiro atoms. The van der Waals surface area contributed by atoms with E-state index in [4.69, 9.17) is 0 Å². The zero-order valence-electron chi connectivity index (χ0n) is 14.1. The molecule has 2 N–H and O–H groups in total. The summed E-state index contributed by atoms with van der Waals surface area (Å²) in [4.78, 5) is 0. The Morgan fingerprint density at radius 1 is 1.14 bits per heavy atom. The van der Waals surface area contributed by atoms with Crippen molar-refractivity contribution >= 4 is 5.70 Å². The zero-order chi connectivity index (χ0) is 15.9. The maximum Gasteiger partial charge on any atom is 0.0343 e. The first-order valence-electron chi connectivity index (χ1n) is 8.51. The van der Waals surface area contributed by atoms with Gasteiger partial charge in [0.1, 0.15) is 0 Å². The van der Waals surface area contributed by atoms with Gasteiger partial charge >= 0.3 is 0 Å². The van der Waals surface area contributed by atoms with E-state index in [1.165, 1.54) is 25.7 Å². The number of nitrogens with one attached hydrogen (secondary N) is 2. The van der Waals surface area contributed by atoms with E-state index in [-0.39, 0.29) is 0 Å². The van der Waals surface area contributed by atoms with Crippen LogP contribution in [0.2, 0.25) is 0 Å². The standard InChI is InChI=1S/C20H30N2/c1-15(16(2)21-14-19-10-8-9-11-19)17(3)22-18(4)20-12-6-5-7-13-20/h5-7,12-13,15,17,19,21-22H,2,4,8-11,14H2,1,3H3. The van der Waals surface area contributed by atoms with Crippen molar-refractivity contribution in [1.29, 1.82) is 0 Å². The van der Waals surface area contributed by atoms with Gasteiger partial charge in [-0.15, -0.1) is 0 Å². The molecule has 1 aromatic rings. The Morgan fingerprint density at radius 3 is 2.41 bits per heavy atom. The lowest BCUT2D eigenvalue weighted by atomic mass is 9.98. The molecule has 0 aromatic heterocycles. The summed E-state index contributed by atoms with van der Waals surface area (Å²) in [7, 11) is 0. The molecule has 0 bridgehead atoms. The largest absolute Gasteiger partial charge is 0.388 e. The van der Waals surface area contributed by atoms with E-state index in [0.717, 1.165) is 29.4 Å². The third kappa shape index (κ3) is 4.66. The van der Waals surface area contributed by atoms with Gasteiger partial charge in [0.2, 0.25) is 0 Å². The van der Waals surface area contributed by atoms with Gasteiger partial charge in [-0.25, -0.2) is 0 Å². The van der Waals surface area contributed by atoms with Gasteiger partial charge < -0.3 is 10.6 Å². The Bertz CT molecular complexity index is 486. The fourth-order valence-electron chi connectivity index (χ4n) is 3.08. The molecule has 1 aliphatic rings. The first-order valence-corrected chi connectivity index (χ1v) is 8.51. The monoisotopic (exact) mass is 298 g/mol. The van der Waals surface area contributed by atoms with Gasteiger partial charge in [0.15, 0.2) is 0 Å². The maximum atomic E-state index is 4.24. The molecule has 2 nitrogen and oxygen atoms in total. The summed E-state index contributed by atoms with van der Waals surface area (Å²) in [5, 5.41) is 7.06. The van der Waals surface area contributed by atoms with Crippen LogP contribution < -0.4 is 10.6 Å². The fourth-order valence-corrected chi connectivity index (χ4v) is 3.08. The summed E-state index contributed by atoms with van der Waals surface area (Å²) < 4.78 is 0. The van der Waals surface area contributed by atoms with Crippen LogP contribution in [0.4, 0.5) is 0 Å². The van der Waals surface area contributed by atoms with Crippen molar-refractivity contribution in [3.05, 3.63) is 54.8 Å². The summed E-state index contributed by atoms with van der Waals surface area (Å²) >= 11 is 0. The number of hydrogen-bond donors (Lipinski definition) is 2. The molecule has 1 fully saturated rings. The van der Waals surface area contributed by atoms with Gasteiger partial charge in [0.25, 0.3) is 0 Å². The molecule has 22 heavy (non-hydrogen) atoms. The van der Waals surface area contributed by atoms with Crippen LogP contribution in [0.15, 0.2) is 49.2 Å². The van der Waals surface area contributed by atoms with Crippen molar-refractivity contribution in [3.63, 3.8) is 0 Å². The lowest BCUT2D eigenvalue weighted by Gasteiger charge is -2.27. The molecule has 0 amide bonds. The Hall–Kier alpha value is -1.70. The second-order valence-corrected chi connectivity index (χ2v) is 6.62. The van der Waals surface area contributed by atoms with Gasteiger partial charge in [0.05, 0.1) is 0 Å². The Kier molecular flexibility index (Phi) is 6.11. The molecule has 0 radical (unpaired) electrons. The third-order valence-electron chi connectivity index (χ3n) is 4.92. The molecule has 1 aliphatic carbocycles. The van der Waals surface area contributed by atoms with Crippen LogP contribution in [0.1, 0.15) is 45.1 Å². The number of benzene rings is 1. The topological polar surface area (TPSA) is 24.1 Å². The van der Waals surface area contributed by atoms with E-state index in [2.05, 4.69) is 49.8 Å². The molecule has 120 valence electrons. The SMILES string of the molecule is C=C(NC(C)C(C)C(=C)NCC1CCCC1)c1ccccc1. The van der Waals surface area contributed by atoms with E-state index in [1.54, 1.807) is 0 Å². The van der Waals surface area contributed by atoms with Crippen LogP contribution >= 0.6 is 0 Å². The van der Waals surface area contributed by atoms with E-state index in [0.29, 0.717) is 12.0 Å². The predicted octanol–water partition coefficient (Wildman–Crippen LogP) is 4.57. The van der Waals surface area contributed by atoms with E-state index in [9.17, 15) is 0 Å². The van der Waals surface area contributed by atoms with Crippen LogP contribution in [-0.2, 0) is 0 Å². The molecule has 2 atom stereocenters. The highest BCUT2D eigenvalue weighted by Gasteiger charge is 2.19. The van der Waals surface area contributed by atoms with Crippen LogP contribution in [0.5, 0.6) is 0 Å². The molecule has 0 heterocycles. The molecule has 1 saturated carbocycles. The van der Waals surface area contributed by atoms with Crippen molar-refractivity contribution in [1.82, 2.24) is 10.6 Å². The first kappa shape index (κ1) is 16.7. The molecule has 0 aliphatic heterocycles. The third-order valence-corrected chi connectivity index (χ3v) is 4.92. The van der Waals surface area contributed by atoms with Gasteiger partial charge in [0, 0.05) is 29.9 Å². The highest BCUT2D eigenvalue weighted by atomic mass is 15.0. The zero-order valence-corrected chi connectivity index (χ0v) is 14.1. The lowest BCUT2D eigenvalue weighted by molar-refractivity contribution is 0.446. The summed E-state index contributed by atoms with van der Waals surface area (Å²) in [6.07, 6.45) is 5.52. The first-order chi connectivity index (χ1) is 10.6. The van der Waals surface area contributed by atoms with Crippen molar-refractivity contribution in [2.45, 2.75) is 45.6 Å². The van der Waals surface area contributed by atoms with E-state index < -0.39 is 0 Å². The second-order valence-electron chi connectivity index (χ2n) is 6.62. The number of rotatable bonds is 8. The normalized spacial score (nSPS) is 17.7. The Labute approximate surface area is 135 Å². The quantitative estimate of drug-likeness (QED) is 0.735. The minimum absolute atomic E-state index is 0.302. The van der Waals surface area contributed by atoms with Crippen LogP contribution in [-0.4, -0.2) is 12.6 Å². The molecule has 2 unspecified atom stereocenters. The summed E-state index contributed by atoms with van der Waals surface area (Å²) in [5.74, 6) is 1.20. The van der Waals surface area contributed by atoms with E-state index in [1.807, 2.05) is 18.2 Å².